The first-order chi connectivity index (χ1) is 8.55. The van der Waals surface area contributed by atoms with Crippen LogP contribution in [0.2, 0.25) is 0 Å². The van der Waals surface area contributed by atoms with Crippen LogP contribution in [0.3, 0.4) is 0 Å². The van der Waals surface area contributed by atoms with Crippen molar-refractivity contribution < 1.29 is 4.74 Å². The molecule has 98 valence electrons. The number of ether oxygens (including phenoxy) is 1. The van der Waals surface area contributed by atoms with Crippen molar-refractivity contribution in [3.8, 4) is 5.75 Å². The minimum absolute atomic E-state index is 0.0434. The van der Waals surface area contributed by atoms with Crippen LogP contribution >= 0.6 is 12.2 Å². The van der Waals surface area contributed by atoms with E-state index >= 15 is 0 Å². The lowest BCUT2D eigenvalue weighted by atomic mass is 9.95. The van der Waals surface area contributed by atoms with E-state index < -0.39 is 0 Å². The summed E-state index contributed by atoms with van der Waals surface area (Å²) in [5.74, 6) is 0.861. The molecule has 1 N–H and O–H groups in total. The predicted molar refractivity (Wildman–Crippen MR) is 77.9 cm³/mol. The highest BCUT2D eigenvalue weighted by molar-refractivity contribution is 7.71. The van der Waals surface area contributed by atoms with Crippen LogP contribution in [-0.2, 0) is 5.54 Å². The fourth-order valence-corrected chi connectivity index (χ4v) is 2.74. The van der Waals surface area contributed by atoms with Gasteiger partial charge in [-0.2, -0.15) is 0 Å². The molecule has 0 saturated carbocycles. The molecule has 1 aromatic carbocycles. The van der Waals surface area contributed by atoms with Crippen LogP contribution in [0, 0.1) is 4.77 Å². The molecule has 0 fully saturated rings. The van der Waals surface area contributed by atoms with Crippen LogP contribution in [0.1, 0.15) is 33.6 Å². The third-order valence-electron chi connectivity index (χ3n) is 3.95. The van der Waals surface area contributed by atoms with E-state index in [1.807, 2.05) is 18.2 Å². The SMILES string of the molecule is CCC(C)(CC)n1c(=S)[nH]c2ccc(OC)cc21. The maximum absolute atomic E-state index is 5.48. The highest BCUT2D eigenvalue weighted by Gasteiger charge is 2.25. The summed E-state index contributed by atoms with van der Waals surface area (Å²) in [6.45, 7) is 6.64. The lowest BCUT2D eigenvalue weighted by Gasteiger charge is -2.29. The van der Waals surface area contributed by atoms with Gasteiger partial charge in [0.15, 0.2) is 4.77 Å². The summed E-state index contributed by atoms with van der Waals surface area (Å²) in [6.07, 6.45) is 2.09. The van der Waals surface area contributed by atoms with Gasteiger partial charge in [-0.05, 0) is 44.1 Å². The summed E-state index contributed by atoms with van der Waals surface area (Å²) >= 11 is 5.48. The number of hydrogen-bond acceptors (Lipinski definition) is 2. The van der Waals surface area contributed by atoms with E-state index in [4.69, 9.17) is 17.0 Å². The normalized spacial score (nSPS) is 12.0. The molecule has 0 spiro atoms. The van der Waals surface area contributed by atoms with Gasteiger partial charge >= 0.3 is 0 Å². The average Bonchev–Trinajstić information content (AvgIpc) is 2.73. The first-order valence-corrected chi connectivity index (χ1v) is 6.75. The predicted octanol–water partition coefficient (Wildman–Crippen LogP) is 4.24. The lowest BCUT2D eigenvalue weighted by Crippen LogP contribution is -2.28. The molecule has 4 heteroatoms. The minimum Gasteiger partial charge on any atom is -0.497 e. The van der Waals surface area contributed by atoms with Crippen molar-refractivity contribution in [1.29, 1.82) is 0 Å². The van der Waals surface area contributed by atoms with Gasteiger partial charge in [0.05, 0.1) is 18.1 Å². The van der Waals surface area contributed by atoms with Crippen LogP contribution in [0.4, 0.5) is 0 Å². The Morgan fingerprint density at radius 2 is 2.00 bits per heavy atom. The van der Waals surface area contributed by atoms with Gasteiger partial charge in [0, 0.05) is 11.6 Å². The van der Waals surface area contributed by atoms with E-state index in [9.17, 15) is 0 Å². The third kappa shape index (κ3) is 1.94. The van der Waals surface area contributed by atoms with Gasteiger partial charge in [-0.1, -0.05) is 13.8 Å². The molecule has 0 amide bonds. The standard InChI is InChI=1S/C14H20N2OS/c1-5-14(3,6-2)16-12-9-10(17-4)7-8-11(12)15-13(16)18/h7-9H,5-6H2,1-4H3,(H,15,18). The van der Waals surface area contributed by atoms with Crippen molar-refractivity contribution in [2.75, 3.05) is 7.11 Å². The fraction of sp³-hybridized carbons (Fsp3) is 0.500. The lowest BCUT2D eigenvalue weighted by molar-refractivity contribution is 0.299. The molecule has 0 radical (unpaired) electrons. The van der Waals surface area contributed by atoms with E-state index in [0.29, 0.717) is 0 Å². The number of hydrogen-bond donors (Lipinski definition) is 1. The maximum atomic E-state index is 5.48. The Morgan fingerprint density at radius 3 is 2.56 bits per heavy atom. The van der Waals surface area contributed by atoms with Crippen molar-refractivity contribution in [3.63, 3.8) is 0 Å². The van der Waals surface area contributed by atoms with Gasteiger partial charge < -0.3 is 14.3 Å². The van der Waals surface area contributed by atoms with Crippen LogP contribution < -0.4 is 4.74 Å². The Balaban J connectivity index is 2.76. The Bertz CT molecular complexity index is 608. The smallest absolute Gasteiger partial charge is 0.178 e. The van der Waals surface area contributed by atoms with Crippen LogP contribution in [0.15, 0.2) is 18.2 Å². The molecular weight excluding hydrogens is 244 g/mol. The van der Waals surface area contributed by atoms with E-state index in [1.54, 1.807) is 7.11 Å². The summed E-state index contributed by atoms with van der Waals surface area (Å²) in [6, 6.07) is 6.02. The Labute approximate surface area is 113 Å². The van der Waals surface area contributed by atoms with Gasteiger partial charge in [-0.3, -0.25) is 0 Å². The monoisotopic (exact) mass is 264 g/mol. The van der Waals surface area contributed by atoms with E-state index in [0.717, 1.165) is 34.4 Å². The van der Waals surface area contributed by atoms with E-state index in [-0.39, 0.29) is 5.54 Å². The maximum Gasteiger partial charge on any atom is 0.178 e. The number of methoxy groups -OCH3 is 1. The topological polar surface area (TPSA) is 29.9 Å². The third-order valence-corrected chi connectivity index (χ3v) is 4.24. The largest absolute Gasteiger partial charge is 0.497 e. The number of fused-ring (bicyclic) bond motifs is 1. The average molecular weight is 264 g/mol. The molecule has 18 heavy (non-hydrogen) atoms. The second-order valence-electron chi connectivity index (χ2n) is 4.85. The Hall–Kier alpha value is -1.29. The first-order valence-electron chi connectivity index (χ1n) is 6.35. The molecule has 0 saturated heterocycles. The van der Waals surface area contributed by atoms with Crippen molar-refractivity contribution >= 4 is 23.3 Å². The molecule has 1 aromatic heterocycles. The molecule has 2 aromatic rings. The van der Waals surface area contributed by atoms with Gasteiger partial charge in [-0.15, -0.1) is 0 Å². The zero-order valence-electron chi connectivity index (χ0n) is 11.4. The minimum atomic E-state index is 0.0434. The van der Waals surface area contributed by atoms with Crippen molar-refractivity contribution in [3.05, 3.63) is 23.0 Å². The van der Waals surface area contributed by atoms with Crippen molar-refractivity contribution in [2.24, 2.45) is 0 Å². The number of aromatic amines is 1. The quantitative estimate of drug-likeness (QED) is 0.837. The summed E-state index contributed by atoms with van der Waals surface area (Å²) in [5.41, 5.74) is 2.22. The summed E-state index contributed by atoms with van der Waals surface area (Å²) in [7, 11) is 1.69. The first kappa shape index (κ1) is 13.1. The number of aromatic nitrogens is 2. The molecule has 2 rings (SSSR count). The Kier molecular flexibility index (Phi) is 3.48. The molecule has 1 heterocycles. The Morgan fingerprint density at radius 1 is 1.33 bits per heavy atom. The second-order valence-corrected chi connectivity index (χ2v) is 5.24. The highest BCUT2D eigenvalue weighted by Crippen LogP contribution is 2.31. The molecule has 0 aliphatic heterocycles. The molecule has 0 aliphatic carbocycles. The number of imidazole rings is 1. The van der Waals surface area contributed by atoms with Gasteiger partial charge in [0.25, 0.3) is 0 Å². The van der Waals surface area contributed by atoms with Crippen molar-refractivity contribution in [2.45, 2.75) is 39.2 Å². The van der Waals surface area contributed by atoms with Crippen LogP contribution in [-0.4, -0.2) is 16.7 Å². The molecule has 0 bridgehead atoms. The van der Waals surface area contributed by atoms with Crippen molar-refractivity contribution in [1.82, 2.24) is 9.55 Å². The number of benzene rings is 1. The molecular formula is C14H20N2OS. The molecule has 0 aliphatic rings. The summed E-state index contributed by atoms with van der Waals surface area (Å²) in [5, 5.41) is 0. The number of rotatable bonds is 4. The van der Waals surface area contributed by atoms with Gasteiger partial charge in [0.2, 0.25) is 0 Å². The zero-order chi connectivity index (χ0) is 13.3. The molecule has 0 atom stereocenters. The number of nitrogens with one attached hydrogen (secondary N) is 1. The van der Waals surface area contributed by atoms with Crippen LogP contribution in [0.5, 0.6) is 5.75 Å². The number of nitrogens with zero attached hydrogens (tertiary/aromatic N) is 1. The summed E-state index contributed by atoms with van der Waals surface area (Å²) < 4.78 is 8.31. The molecule has 3 nitrogen and oxygen atoms in total. The second kappa shape index (κ2) is 4.76. The highest BCUT2D eigenvalue weighted by atomic mass is 32.1. The van der Waals surface area contributed by atoms with Gasteiger partial charge in [-0.25, -0.2) is 0 Å². The van der Waals surface area contributed by atoms with Crippen LogP contribution in [0.25, 0.3) is 11.0 Å². The van der Waals surface area contributed by atoms with E-state index in [1.165, 1.54) is 0 Å². The zero-order valence-corrected chi connectivity index (χ0v) is 12.2. The van der Waals surface area contributed by atoms with E-state index in [2.05, 4.69) is 30.3 Å². The van der Waals surface area contributed by atoms with Gasteiger partial charge in [0.1, 0.15) is 5.75 Å². The molecule has 0 unspecified atom stereocenters. The fourth-order valence-electron chi connectivity index (χ4n) is 2.31. The number of H-pyrrole nitrogens is 1. The summed E-state index contributed by atoms with van der Waals surface area (Å²) in [4.78, 5) is 3.27.